The van der Waals surface area contributed by atoms with Gasteiger partial charge in [0.25, 0.3) is 0 Å². The molecule has 9 heteroatoms. The van der Waals surface area contributed by atoms with Crippen LogP contribution in [0.25, 0.3) is 5.69 Å². The third-order valence-electron chi connectivity index (χ3n) is 4.60. The van der Waals surface area contributed by atoms with Crippen LogP contribution >= 0.6 is 0 Å². The first-order valence-corrected chi connectivity index (χ1v) is 8.94. The molecule has 8 nitrogen and oxygen atoms in total. The van der Waals surface area contributed by atoms with Crippen molar-refractivity contribution in [1.82, 2.24) is 19.7 Å². The Hall–Kier alpha value is -3.62. The van der Waals surface area contributed by atoms with Gasteiger partial charge >= 0.3 is 0 Å². The minimum Gasteiger partial charge on any atom is -0.496 e. The maximum Gasteiger partial charge on any atom is 0.213 e. The van der Waals surface area contributed by atoms with Gasteiger partial charge in [0.15, 0.2) is 5.82 Å². The lowest BCUT2D eigenvalue weighted by atomic mass is 10.0. The monoisotopic (exact) mass is 394 g/mol. The molecule has 0 saturated heterocycles. The first-order valence-electron chi connectivity index (χ1n) is 8.94. The van der Waals surface area contributed by atoms with Crippen LogP contribution in [0.15, 0.2) is 46.5 Å². The molecule has 148 valence electrons. The van der Waals surface area contributed by atoms with Crippen molar-refractivity contribution >= 4 is 11.9 Å². The Morgan fingerprint density at radius 1 is 1.10 bits per heavy atom. The van der Waals surface area contributed by atoms with Crippen LogP contribution in [0, 0.1) is 12.7 Å². The van der Waals surface area contributed by atoms with Gasteiger partial charge in [-0.15, -0.1) is 10.2 Å². The summed E-state index contributed by atoms with van der Waals surface area (Å²) < 4.78 is 26.0. The maximum absolute atomic E-state index is 13.7. The van der Waals surface area contributed by atoms with Crippen LogP contribution < -0.4 is 9.47 Å². The molecule has 4 rings (SSSR count). The lowest BCUT2D eigenvalue weighted by Crippen LogP contribution is -2.19. The van der Waals surface area contributed by atoms with Crippen molar-refractivity contribution in [2.75, 3.05) is 20.8 Å². The Morgan fingerprint density at radius 3 is 2.62 bits per heavy atom. The van der Waals surface area contributed by atoms with E-state index in [9.17, 15) is 4.39 Å². The molecule has 0 aliphatic carbocycles. The van der Waals surface area contributed by atoms with Crippen molar-refractivity contribution in [2.24, 2.45) is 9.98 Å². The van der Waals surface area contributed by atoms with Crippen molar-refractivity contribution in [3.8, 4) is 17.3 Å². The second-order valence-corrected chi connectivity index (χ2v) is 6.37. The second-order valence-electron chi connectivity index (χ2n) is 6.37. The molecule has 1 aliphatic heterocycles. The number of hydrogen-bond acceptors (Lipinski definition) is 7. The molecule has 1 unspecified atom stereocenters. The van der Waals surface area contributed by atoms with Crippen LogP contribution in [0.1, 0.15) is 23.3 Å². The van der Waals surface area contributed by atoms with Crippen molar-refractivity contribution in [3.05, 3.63) is 59.6 Å². The van der Waals surface area contributed by atoms with E-state index < -0.39 is 0 Å². The third kappa shape index (κ3) is 3.58. The molecule has 0 saturated carbocycles. The number of halogens is 1. The highest BCUT2D eigenvalue weighted by molar-refractivity contribution is 6.37. The Morgan fingerprint density at radius 2 is 1.97 bits per heavy atom. The van der Waals surface area contributed by atoms with Crippen molar-refractivity contribution < 1.29 is 13.9 Å². The van der Waals surface area contributed by atoms with E-state index in [2.05, 4.69) is 25.2 Å². The fourth-order valence-electron chi connectivity index (χ4n) is 3.17. The first kappa shape index (κ1) is 18.7. The standard InChI is InChI=1S/C20H19FN6O2/c1-12-25-26-20(27(12)14-5-7-19(29-3)24-9-14)17-11-22-16(10-23-17)15-8-13(21)4-6-18(15)28-2/h4-9,11,16H,10H2,1-3H3. The molecule has 0 spiro atoms. The van der Waals surface area contributed by atoms with Gasteiger partial charge in [0, 0.05) is 11.6 Å². The summed E-state index contributed by atoms with van der Waals surface area (Å²) in [7, 11) is 3.11. The molecule has 3 aromatic rings. The summed E-state index contributed by atoms with van der Waals surface area (Å²) in [4.78, 5) is 13.4. The van der Waals surface area contributed by atoms with Crippen LogP contribution in [-0.4, -0.2) is 52.4 Å². The van der Waals surface area contributed by atoms with Gasteiger partial charge in [-0.3, -0.25) is 14.6 Å². The number of aliphatic imine (C=N–C) groups is 2. The minimum atomic E-state index is -0.340. The average Bonchev–Trinajstić information content (AvgIpc) is 3.15. The Bertz CT molecular complexity index is 1090. The highest BCUT2D eigenvalue weighted by Gasteiger charge is 2.22. The lowest BCUT2D eigenvalue weighted by molar-refractivity contribution is 0.398. The van der Waals surface area contributed by atoms with Crippen LogP contribution in [-0.2, 0) is 0 Å². The average molecular weight is 394 g/mol. The number of nitrogens with zero attached hydrogens (tertiary/aromatic N) is 6. The summed E-state index contributed by atoms with van der Waals surface area (Å²) in [5.74, 6) is 2.01. The number of pyridine rings is 1. The van der Waals surface area contributed by atoms with Crippen LogP contribution in [0.3, 0.4) is 0 Å². The van der Waals surface area contributed by atoms with Gasteiger partial charge in [0.2, 0.25) is 5.88 Å². The number of hydrogen-bond donors (Lipinski definition) is 0. The van der Waals surface area contributed by atoms with Gasteiger partial charge in [-0.05, 0) is 31.2 Å². The molecular weight excluding hydrogens is 375 g/mol. The molecular formula is C20H19FN6O2. The number of benzene rings is 1. The number of aromatic nitrogens is 4. The molecule has 29 heavy (non-hydrogen) atoms. The van der Waals surface area contributed by atoms with Gasteiger partial charge in [0.1, 0.15) is 23.1 Å². The molecule has 1 aromatic carbocycles. The summed E-state index contributed by atoms with van der Waals surface area (Å²) in [6.07, 6.45) is 3.31. The van der Waals surface area contributed by atoms with E-state index in [1.165, 1.54) is 12.1 Å². The molecule has 0 radical (unpaired) electrons. The van der Waals surface area contributed by atoms with Crippen LogP contribution in [0.2, 0.25) is 0 Å². The third-order valence-corrected chi connectivity index (χ3v) is 4.60. The molecule has 1 atom stereocenters. The summed E-state index contributed by atoms with van der Waals surface area (Å²) in [6.45, 7) is 2.19. The van der Waals surface area contributed by atoms with Crippen LogP contribution in [0.4, 0.5) is 4.39 Å². The molecule has 2 aromatic heterocycles. The Kier molecular flexibility index (Phi) is 5.03. The van der Waals surface area contributed by atoms with Gasteiger partial charge in [-0.1, -0.05) is 0 Å². The van der Waals surface area contributed by atoms with Gasteiger partial charge in [0.05, 0.1) is 44.9 Å². The zero-order chi connectivity index (χ0) is 20.4. The predicted molar refractivity (Wildman–Crippen MR) is 106 cm³/mol. The topological polar surface area (TPSA) is 86.8 Å². The highest BCUT2D eigenvalue weighted by Crippen LogP contribution is 2.30. The molecule has 0 bridgehead atoms. The zero-order valence-electron chi connectivity index (χ0n) is 16.2. The second kappa shape index (κ2) is 7.78. The largest absolute Gasteiger partial charge is 0.496 e. The quantitative estimate of drug-likeness (QED) is 0.664. The maximum atomic E-state index is 13.7. The Labute approximate surface area is 166 Å². The number of rotatable bonds is 5. The summed E-state index contributed by atoms with van der Waals surface area (Å²) in [5.41, 5.74) is 2.03. The number of aryl methyl sites for hydroxylation is 1. The molecule has 0 fully saturated rings. The molecule has 0 N–H and O–H groups in total. The smallest absolute Gasteiger partial charge is 0.213 e. The summed E-state index contributed by atoms with van der Waals surface area (Å²) in [5, 5.41) is 8.42. The normalized spacial score (nSPS) is 15.9. The van der Waals surface area contributed by atoms with Crippen molar-refractivity contribution in [1.29, 1.82) is 0 Å². The SMILES string of the molecule is COc1ccc(-n2c(C)nnc2C2=NCC(c3cc(F)ccc3OC)N=C2)cn1. The van der Waals surface area contributed by atoms with Gasteiger partial charge in [-0.25, -0.2) is 9.37 Å². The van der Waals surface area contributed by atoms with Crippen LogP contribution in [0.5, 0.6) is 11.6 Å². The first-order chi connectivity index (χ1) is 14.1. The lowest BCUT2D eigenvalue weighted by Gasteiger charge is -2.18. The van der Waals surface area contributed by atoms with E-state index in [0.29, 0.717) is 41.1 Å². The number of ether oxygens (including phenoxy) is 2. The summed E-state index contributed by atoms with van der Waals surface area (Å²) >= 11 is 0. The van der Waals surface area contributed by atoms with E-state index in [0.717, 1.165) is 5.69 Å². The number of methoxy groups -OCH3 is 2. The minimum absolute atomic E-state index is 0.329. The van der Waals surface area contributed by atoms with Crippen molar-refractivity contribution in [2.45, 2.75) is 13.0 Å². The van der Waals surface area contributed by atoms with Gasteiger partial charge < -0.3 is 9.47 Å². The van der Waals surface area contributed by atoms with E-state index in [1.807, 2.05) is 17.6 Å². The fraction of sp³-hybridized carbons (Fsp3) is 0.250. The van der Waals surface area contributed by atoms with Gasteiger partial charge in [-0.2, -0.15) is 0 Å². The van der Waals surface area contributed by atoms with E-state index in [1.54, 1.807) is 38.8 Å². The molecule has 1 aliphatic rings. The van der Waals surface area contributed by atoms with E-state index in [4.69, 9.17) is 9.47 Å². The predicted octanol–water partition coefficient (Wildman–Crippen LogP) is 2.74. The zero-order valence-corrected chi connectivity index (χ0v) is 16.2. The summed E-state index contributed by atoms with van der Waals surface area (Å²) in [6, 6.07) is 7.68. The van der Waals surface area contributed by atoms with E-state index in [-0.39, 0.29) is 11.9 Å². The molecule has 3 heterocycles. The molecule has 0 amide bonds. The fourth-order valence-corrected chi connectivity index (χ4v) is 3.17. The van der Waals surface area contributed by atoms with Crippen molar-refractivity contribution in [3.63, 3.8) is 0 Å². The Balaban J connectivity index is 1.64. The van der Waals surface area contributed by atoms with E-state index >= 15 is 0 Å². The highest BCUT2D eigenvalue weighted by atomic mass is 19.1.